The van der Waals surface area contributed by atoms with Crippen LogP contribution in [0.15, 0.2) is 75.0 Å². The number of hydrazone groups is 4. The molecule has 20 nitrogen and oxygen atoms in total. The predicted molar refractivity (Wildman–Crippen MR) is 209 cm³/mol. The molecule has 18 N–H and O–H groups in total. The molecule has 0 aliphatic heterocycles. The maximum atomic E-state index is 13.6. The monoisotopic (exact) mass is 742 g/mol. The van der Waals surface area contributed by atoms with Crippen LogP contribution in [0.5, 0.6) is 0 Å². The highest BCUT2D eigenvalue weighted by atomic mass is 35.5. The molecular formula is C32H39ClN18O2. The van der Waals surface area contributed by atoms with E-state index in [9.17, 15) is 9.59 Å². The minimum atomic E-state index is -0.639. The number of hydrogen-bond acceptors (Lipinski definition) is 10. The Morgan fingerprint density at radius 1 is 0.528 bits per heavy atom. The normalized spacial score (nSPS) is 11.9. The molecule has 0 fully saturated rings. The first-order valence-electron chi connectivity index (χ1n) is 15.2. The molecule has 0 aliphatic rings. The zero-order chi connectivity index (χ0) is 39.4. The molecule has 0 unspecified atom stereocenters. The van der Waals surface area contributed by atoms with Crippen LogP contribution in [0.3, 0.4) is 0 Å². The van der Waals surface area contributed by atoms with Crippen molar-refractivity contribution in [2.45, 2.75) is 27.7 Å². The Morgan fingerprint density at radius 2 is 0.792 bits per heavy atom. The van der Waals surface area contributed by atoms with E-state index in [-0.39, 0.29) is 40.0 Å². The van der Waals surface area contributed by atoms with Crippen LogP contribution < -0.4 is 55.3 Å². The highest BCUT2D eigenvalue weighted by molar-refractivity contribution is 6.38. The SMILES string of the molecule is C/C(=N/NC(=N)N)c1cc(NC(=O)c2cccc(C(=O)Nc3cc(/C(C)=N\NC(=N)N)cc(/C(C)=N/NC(=N)N)c3)c2Cl)cc(/C(C)=N\NC(=N)N)c1. The lowest BCUT2D eigenvalue weighted by Gasteiger charge is -2.14. The highest BCUT2D eigenvalue weighted by Crippen LogP contribution is 2.26. The van der Waals surface area contributed by atoms with Gasteiger partial charge in [-0.15, -0.1) is 0 Å². The predicted octanol–water partition coefficient (Wildman–Crippen LogP) is 1.67. The third kappa shape index (κ3) is 11.9. The summed E-state index contributed by atoms with van der Waals surface area (Å²) >= 11 is 6.68. The third-order valence-electron chi connectivity index (χ3n) is 6.92. The molecule has 21 heteroatoms. The van der Waals surface area contributed by atoms with Crippen LogP contribution in [0.1, 0.15) is 70.7 Å². The van der Waals surface area contributed by atoms with Crippen molar-refractivity contribution < 1.29 is 9.59 Å². The van der Waals surface area contributed by atoms with Crippen LogP contribution in [0.4, 0.5) is 11.4 Å². The van der Waals surface area contributed by atoms with Crippen LogP contribution in [0, 0.1) is 21.6 Å². The first-order chi connectivity index (χ1) is 24.9. The summed E-state index contributed by atoms with van der Waals surface area (Å²) in [5.41, 5.74) is 35.3. The topological polar surface area (TPSA) is 355 Å². The second kappa shape index (κ2) is 18.1. The average Bonchev–Trinajstić information content (AvgIpc) is 3.10. The van der Waals surface area contributed by atoms with E-state index >= 15 is 0 Å². The maximum absolute atomic E-state index is 13.6. The van der Waals surface area contributed by atoms with E-state index in [4.69, 9.17) is 56.2 Å². The van der Waals surface area contributed by atoms with Crippen molar-refractivity contribution in [1.82, 2.24) is 21.7 Å². The number of nitrogens with zero attached hydrogens (tertiary/aromatic N) is 4. The Kier molecular flexibility index (Phi) is 13.7. The van der Waals surface area contributed by atoms with Crippen molar-refractivity contribution in [3.8, 4) is 0 Å². The third-order valence-corrected chi connectivity index (χ3v) is 7.32. The number of carbonyl (C=O) groups excluding carboxylic acids is 2. The summed E-state index contributed by atoms with van der Waals surface area (Å²) in [5.74, 6) is -2.77. The van der Waals surface area contributed by atoms with E-state index in [0.29, 0.717) is 56.5 Å². The van der Waals surface area contributed by atoms with Gasteiger partial charge in [-0.3, -0.25) is 31.2 Å². The molecule has 0 saturated heterocycles. The fourth-order valence-corrected chi connectivity index (χ4v) is 4.65. The number of rotatable bonds is 12. The summed E-state index contributed by atoms with van der Waals surface area (Å²) in [6, 6.07) is 14.3. The van der Waals surface area contributed by atoms with E-state index in [0.717, 1.165) is 0 Å². The van der Waals surface area contributed by atoms with Crippen molar-refractivity contribution >= 4 is 81.5 Å². The summed E-state index contributed by atoms with van der Waals surface area (Å²) in [7, 11) is 0. The largest absolute Gasteiger partial charge is 0.369 e. The van der Waals surface area contributed by atoms with Crippen LogP contribution in [0.2, 0.25) is 5.02 Å². The van der Waals surface area contributed by atoms with E-state index in [1.54, 1.807) is 64.1 Å². The van der Waals surface area contributed by atoms with Gasteiger partial charge in [-0.1, -0.05) is 17.7 Å². The molecule has 0 spiro atoms. The minimum Gasteiger partial charge on any atom is -0.369 e. The molecule has 0 bridgehead atoms. The van der Waals surface area contributed by atoms with Crippen LogP contribution >= 0.6 is 11.6 Å². The number of amides is 2. The van der Waals surface area contributed by atoms with Crippen molar-refractivity contribution in [3.05, 3.63) is 93.0 Å². The molecular weight excluding hydrogens is 704 g/mol. The summed E-state index contributed by atoms with van der Waals surface area (Å²) < 4.78 is 0. The first kappa shape index (κ1) is 40.1. The fraction of sp³-hybridized carbons (Fsp3) is 0.125. The lowest BCUT2D eigenvalue weighted by molar-refractivity contribution is 0.102. The zero-order valence-corrected chi connectivity index (χ0v) is 29.7. The number of anilines is 2. The van der Waals surface area contributed by atoms with Crippen molar-refractivity contribution in [3.63, 3.8) is 0 Å². The molecule has 3 aromatic rings. The number of guanidine groups is 4. The molecule has 53 heavy (non-hydrogen) atoms. The maximum Gasteiger partial charge on any atom is 0.257 e. The van der Waals surface area contributed by atoms with Crippen molar-refractivity contribution in [2.75, 3.05) is 10.6 Å². The Labute approximate surface area is 308 Å². The van der Waals surface area contributed by atoms with E-state index in [1.807, 2.05) is 0 Å². The van der Waals surface area contributed by atoms with Gasteiger partial charge in [-0.2, -0.15) is 20.4 Å². The molecule has 0 aliphatic carbocycles. The summed E-state index contributed by atoms with van der Waals surface area (Å²) in [6.07, 6.45) is 0. The van der Waals surface area contributed by atoms with Crippen molar-refractivity contribution in [1.29, 1.82) is 21.6 Å². The molecule has 3 aromatic carbocycles. The number of nitrogens with two attached hydrogens (primary N) is 4. The lowest BCUT2D eigenvalue weighted by atomic mass is 10.0. The van der Waals surface area contributed by atoms with Gasteiger partial charge >= 0.3 is 0 Å². The number of nitrogens with one attached hydrogen (secondary N) is 10. The summed E-state index contributed by atoms with van der Waals surface area (Å²) in [5, 5.41) is 51.3. The Balaban J connectivity index is 2.00. The molecule has 276 valence electrons. The van der Waals surface area contributed by atoms with Gasteiger partial charge in [-0.25, -0.2) is 21.7 Å². The highest BCUT2D eigenvalue weighted by Gasteiger charge is 2.20. The van der Waals surface area contributed by atoms with Crippen LogP contribution in [0.25, 0.3) is 0 Å². The number of hydrogen-bond donors (Lipinski definition) is 14. The molecule has 2 amide bonds. The second-order valence-corrected chi connectivity index (χ2v) is 11.4. The summed E-state index contributed by atoms with van der Waals surface area (Å²) in [4.78, 5) is 27.3. The minimum absolute atomic E-state index is 0.00968. The van der Waals surface area contributed by atoms with Crippen LogP contribution in [-0.2, 0) is 0 Å². The Hall–Kier alpha value is -7.35. The Bertz CT molecular complexity index is 1860. The molecule has 0 heterocycles. The van der Waals surface area contributed by atoms with E-state index in [1.165, 1.54) is 18.2 Å². The number of carbonyl (C=O) groups is 2. The average molecular weight is 743 g/mol. The van der Waals surface area contributed by atoms with Crippen molar-refractivity contribution in [2.24, 2.45) is 43.3 Å². The molecule has 0 atom stereocenters. The van der Waals surface area contributed by atoms with E-state index in [2.05, 4.69) is 52.7 Å². The lowest BCUT2D eigenvalue weighted by Crippen LogP contribution is -2.27. The van der Waals surface area contributed by atoms with Crippen LogP contribution in [-0.4, -0.2) is 58.5 Å². The molecule has 0 saturated carbocycles. The van der Waals surface area contributed by atoms with Gasteiger partial charge < -0.3 is 33.6 Å². The van der Waals surface area contributed by atoms with E-state index < -0.39 is 11.8 Å². The number of benzene rings is 3. The van der Waals surface area contributed by atoms with Gasteiger partial charge in [-0.05, 0) is 76.2 Å². The zero-order valence-electron chi connectivity index (χ0n) is 29.0. The summed E-state index contributed by atoms with van der Waals surface area (Å²) in [6.45, 7) is 6.64. The smallest absolute Gasteiger partial charge is 0.257 e. The van der Waals surface area contributed by atoms with Gasteiger partial charge in [0.2, 0.25) is 23.8 Å². The molecule has 0 aromatic heterocycles. The fourth-order valence-electron chi connectivity index (χ4n) is 4.35. The van der Waals surface area contributed by atoms with Gasteiger partial charge in [0.05, 0.1) is 39.0 Å². The molecule has 3 rings (SSSR count). The van der Waals surface area contributed by atoms with Gasteiger partial charge in [0.25, 0.3) is 11.8 Å². The molecule has 0 radical (unpaired) electrons. The first-order valence-corrected chi connectivity index (χ1v) is 15.6. The standard InChI is InChI=1S/C32H39ClN18O2/c1-14(44-48-29(34)35)18-8-19(15(2)45-49-30(36)37)11-22(10-18)42-27(52)24-6-5-7-25(26(24)33)28(53)43-23-12-20(16(3)46-50-31(38)39)9-21(13-23)17(4)47-51-32(40)41/h5-13H,1-4H3,(H,42,52)(H,43,53)(H4,34,35,48)(H4,36,37,49)(H4,38,39,50)(H4,40,41,51)/b44-14-,45-15-,46-16-,47-17+. The quantitative estimate of drug-likeness (QED) is 0.0723. The Morgan fingerprint density at radius 3 is 1.04 bits per heavy atom. The second-order valence-electron chi connectivity index (χ2n) is 11.1. The van der Waals surface area contributed by atoms with Gasteiger partial charge in [0.1, 0.15) is 0 Å². The van der Waals surface area contributed by atoms with Gasteiger partial charge in [0, 0.05) is 33.6 Å². The number of halogens is 1. The van der Waals surface area contributed by atoms with Gasteiger partial charge in [0.15, 0.2) is 0 Å².